The molecule has 19 heavy (non-hydrogen) atoms. The SMILES string of the molecule is NC(CO)OC(OCCCCCS)C(O)[C@H](O)CO. The molecule has 0 aromatic rings. The minimum atomic E-state index is -1.44. The molecule has 8 heteroatoms. The first-order valence-corrected chi connectivity index (χ1v) is 6.91. The highest BCUT2D eigenvalue weighted by molar-refractivity contribution is 7.80. The van der Waals surface area contributed by atoms with Gasteiger partial charge < -0.3 is 35.6 Å². The number of hydrogen-bond donors (Lipinski definition) is 6. The molecule has 0 saturated carbocycles. The zero-order valence-corrected chi connectivity index (χ0v) is 11.8. The van der Waals surface area contributed by atoms with Crippen LogP contribution < -0.4 is 5.73 Å². The lowest BCUT2D eigenvalue weighted by molar-refractivity contribution is -0.240. The fourth-order valence-electron chi connectivity index (χ4n) is 1.31. The van der Waals surface area contributed by atoms with Crippen molar-refractivity contribution in [3.05, 3.63) is 0 Å². The van der Waals surface area contributed by atoms with E-state index in [-0.39, 0.29) is 0 Å². The zero-order valence-electron chi connectivity index (χ0n) is 10.9. The van der Waals surface area contributed by atoms with Crippen molar-refractivity contribution >= 4 is 12.6 Å². The van der Waals surface area contributed by atoms with Crippen molar-refractivity contribution < 1.29 is 29.9 Å². The van der Waals surface area contributed by atoms with E-state index in [9.17, 15) is 10.2 Å². The molecule has 0 saturated heterocycles. The maximum absolute atomic E-state index is 9.72. The second-order valence-electron chi connectivity index (χ2n) is 4.12. The van der Waals surface area contributed by atoms with Crippen LogP contribution in [0, 0.1) is 0 Å². The van der Waals surface area contributed by atoms with Gasteiger partial charge in [-0.3, -0.25) is 0 Å². The molecule has 0 aliphatic rings. The van der Waals surface area contributed by atoms with Crippen LogP contribution in [0.5, 0.6) is 0 Å². The molecule has 0 fully saturated rings. The fourth-order valence-corrected chi connectivity index (χ4v) is 1.54. The molecule has 0 aliphatic heterocycles. The molecule has 7 nitrogen and oxygen atoms in total. The monoisotopic (exact) mass is 299 g/mol. The molecule has 0 aromatic carbocycles. The van der Waals surface area contributed by atoms with Gasteiger partial charge in [0.05, 0.1) is 13.2 Å². The quantitative estimate of drug-likeness (QED) is 0.146. The Kier molecular flexibility index (Phi) is 11.9. The van der Waals surface area contributed by atoms with Crippen molar-refractivity contribution in [2.45, 2.75) is 44.0 Å². The average molecular weight is 299 g/mol. The minimum Gasteiger partial charge on any atom is -0.394 e. The Morgan fingerprint density at radius 3 is 2.26 bits per heavy atom. The van der Waals surface area contributed by atoms with Crippen LogP contribution in [0.1, 0.15) is 19.3 Å². The second-order valence-corrected chi connectivity index (χ2v) is 4.57. The van der Waals surface area contributed by atoms with Crippen molar-refractivity contribution in [3.8, 4) is 0 Å². The first-order valence-electron chi connectivity index (χ1n) is 6.28. The molecule has 0 heterocycles. The summed E-state index contributed by atoms with van der Waals surface area (Å²) in [4.78, 5) is 0. The van der Waals surface area contributed by atoms with Crippen LogP contribution in [0.25, 0.3) is 0 Å². The van der Waals surface area contributed by atoms with E-state index in [2.05, 4.69) is 12.6 Å². The molecule has 0 aliphatic carbocycles. The molecule has 0 amide bonds. The number of hydrogen-bond acceptors (Lipinski definition) is 8. The number of ether oxygens (including phenoxy) is 2. The third-order valence-corrected chi connectivity index (χ3v) is 2.75. The number of thiol groups is 1. The number of nitrogens with two attached hydrogens (primary N) is 1. The lowest BCUT2D eigenvalue weighted by Gasteiger charge is -2.28. The van der Waals surface area contributed by atoms with E-state index in [0.29, 0.717) is 6.61 Å². The molecule has 0 radical (unpaired) electrons. The average Bonchev–Trinajstić information content (AvgIpc) is 2.43. The predicted molar refractivity (Wildman–Crippen MR) is 72.7 cm³/mol. The smallest absolute Gasteiger partial charge is 0.188 e. The molecule has 116 valence electrons. The Balaban J connectivity index is 4.17. The van der Waals surface area contributed by atoms with Gasteiger partial charge in [-0.1, -0.05) is 6.42 Å². The lowest BCUT2D eigenvalue weighted by Crippen LogP contribution is -2.46. The summed E-state index contributed by atoms with van der Waals surface area (Å²) in [5, 5.41) is 36.6. The molecule has 0 spiro atoms. The van der Waals surface area contributed by atoms with Gasteiger partial charge in [-0.15, -0.1) is 0 Å². The first-order chi connectivity index (χ1) is 9.06. The van der Waals surface area contributed by atoms with E-state index in [4.69, 9.17) is 25.4 Å². The topological polar surface area (TPSA) is 125 Å². The van der Waals surface area contributed by atoms with Gasteiger partial charge in [-0.25, -0.2) is 0 Å². The first kappa shape index (κ1) is 19.1. The number of aliphatic hydroxyl groups is 4. The third kappa shape index (κ3) is 8.77. The van der Waals surface area contributed by atoms with Gasteiger partial charge in [-0.2, -0.15) is 12.6 Å². The Labute approximate surface area is 118 Å². The normalized spacial score (nSPS) is 18.0. The summed E-state index contributed by atoms with van der Waals surface area (Å²) in [6.45, 7) is -0.758. The Hall–Kier alpha value is 0.0700. The number of aliphatic hydroxyl groups excluding tert-OH is 4. The van der Waals surface area contributed by atoms with E-state index in [1.54, 1.807) is 0 Å². The molecule has 6 N–H and O–H groups in total. The maximum Gasteiger partial charge on any atom is 0.188 e. The fraction of sp³-hybridized carbons (Fsp3) is 1.00. The van der Waals surface area contributed by atoms with Gasteiger partial charge in [0.25, 0.3) is 0 Å². The summed E-state index contributed by atoms with van der Waals surface area (Å²) in [7, 11) is 0. The summed E-state index contributed by atoms with van der Waals surface area (Å²) >= 11 is 4.08. The summed E-state index contributed by atoms with van der Waals surface area (Å²) in [5.41, 5.74) is 5.39. The van der Waals surface area contributed by atoms with Gasteiger partial charge in [0.2, 0.25) is 0 Å². The summed E-state index contributed by atoms with van der Waals surface area (Å²) in [6, 6.07) is 0. The molecule has 4 atom stereocenters. The van der Waals surface area contributed by atoms with Crippen LogP contribution in [-0.2, 0) is 9.47 Å². The molecular weight excluding hydrogens is 274 g/mol. The van der Waals surface area contributed by atoms with E-state index < -0.39 is 37.9 Å². The van der Waals surface area contributed by atoms with Gasteiger partial charge >= 0.3 is 0 Å². The molecular formula is C11H25NO6S. The largest absolute Gasteiger partial charge is 0.394 e. The van der Waals surface area contributed by atoms with Crippen LogP contribution in [0.15, 0.2) is 0 Å². The van der Waals surface area contributed by atoms with E-state index in [0.717, 1.165) is 25.0 Å². The van der Waals surface area contributed by atoms with Gasteiger partial charge in [0, 0.05) is 6.61 Å². The highest BCUT2D eigenvalue weighted by Gasteiger charge is 2.29. The lowest BCUT2D eigenvalue weighted by atomic mass is 10.2. The van der Waals surface area contributed by atoms with Gasteiger partial charge in [-0.05, 0) is 18.6 Å². The van der Waals surface area contributed by atoms with Crippen molar-refractivity contribution in [2.75, 3.05) is 25.6 Å². The summed E-state index contributed by atoms with van der Waals surface area (Å²) < 4.78 is 10.3. The van der Waals surface area contributed by atoms with Crippen molar-refractivity contribution in [3.63, 3.8) is 0 Å². The molecule has 0 aromatic heterocycles. The standard InChI is InChI=1S/C11H25NO6S/c12-9(7-14)18-11(10(16)8(15)6-13)17-4-2-1-3-5-19/h8-11,13-16,19H,1-7,12H2/t8-,9?,10?,11?/m1/s1. The van der Waals surface area contributed by atoms with Crippen LogP contribution in [0.2, 0.25) is 0 Å². The van der Waals surface area contributed by atoms with Crippen LogP contribution in [-0.4, -0.2) is 70.7 Å². The molecule has 0 rings (SSSR count). The van der Waals surface area contributed by atoms with E-state index in [1.165, 1.54) is 0 Å². The van der Waals surface area contributed by atoms with Crippen LogP contribution >= 0.6 is 12.6 Å². The third-order valence-electron chi connectivity index (χ3n) is 2.43. The van der Waals surface area contributed by atoms with Crippen molar-refractivity contribution in [2.24, 2.45) is 5.73 Å². The highest BCUT2D eigenvalue weighted by Crippen LogP contribution is 2.09. The van der Waals surface area contributed by atoms with Gasteiger partial charge in [0.1, 0.15) is 18.4 Å². The number of rotatable bonds is 12. The van der Waals surface area contributed by atoms with Gasteiger partial charge in [0.15, 0.2) is 6.29 Å². The van der Waals surface area contributed by atoms with Crippen LogP contribution in [0.3, 0.4) is 0 Å². The Morgan fingerprint density at radius 1 is 1.05 bits per heavy atom. The Morgan fingerprint density at radius 2 is 1.74 bits per heavy atom. The van der Waals surface area contributed by atoms with Crippen molar-refractivity contribution in [1.82, 2.24) is 0 Å². The maximum atomic E-state index is 9.72. The molecule has 3 unspecified atom stereocenters. The zero-order chi connectivity index (χ0) is 14.7. The number of unbranched alkanes of at least 4 members (excludes halogenated alkanes) is 2. The minimum absolute atomic E-state index is 0.311. The second kappa shape index (κ2) is 11.9. The predicted octanol–water partition coefficient (Wildman–Crippen LogP) is -1.56. The van der Waals surface area contributed by atoms with Crippen molar-refractivity contribution in [1.29, 1.82) is 0 Å². The van der Waals surface area contributed by atoms with E-state index >= 15 is 0 Å². The van der Waals surface area contributed by atoms with Crippen LogP contribution in [0.4, 0.5) is 0 Å². The summed E-state index contributed by atoms with van der Waals surface area (Å²) in [5.74, 6) is 0.793. The highest BCUT2D eigenvalue weighted by atomic mass is 32.1. The Bertz CT molecular complexity index is 212. The molecule has 0 bridgehead atoms. The summed E-state index contributed by atoms with van der Waals surface area (Å²) in [6.07, 6.45) is -2.43. The van der Waals surface area contributed by atoms with E-state index in [1.807, 2.05) is 0 Å².